The minimum atomic E-state index is -5.76. The predicted octanol–water partition coefficient (Wildman–Crippen LogP) is 8.14. The number of allylic oxidation sites excluding steroid dienone is 4. The highest BCUT2D eigenvalue weighted by atomic mass is 19.4. The Balaban J connectivity index is 2.00. The van der Waals surface area contributed by atoms with Crippen molar-refractivity contribution in [2.24, 2.45) is 0 Å². The molecule has 2 aromatic carbocycles. The Morgan fingerprint density at radius 2 is 1.53 bits per heavy atom. The summed E-state index contributed by atoms with van der Waals surface area (Å²) in [6.45, 7) is 1.99. The quantitative estimate of drug-likeness (QED) is 0.382. The fourth-order valence-electron chi connectivity index (χ4n) is 3.76. The number of hydrogen-bond donors (Lipinski definition) is 0. The number of benzene rings is 2. The van der Waals surface area contributed by atoms with Crippen LogP contribution in [0.3, 0.4) is 0 Å². The fraction of sp³-hybridized carbons (Fsp3) is 0.333. The minimum Gasteiger partial charge on any atom is -0.233 e. The van der Waals surface area contributed by atoms with Crippen molar-refractivity contribution in [3.63, 3.8) is 0 Å². The summed E-state index contributed by atoms with van der Waals surface area (Å²) < 4.78 is 109. The average Bonchev–Trinajstić information content (AvgIpc) is 2.73. The number of hydrogen-bond acceptors (Lipinski definition) is 0. The molecule has 0 bridgehead atoms. The van der Waals surface area contributed by atoms with E-state index in [4.69, 9.17) is 0 Å². The highest BCUT2D eigenvalue weighted by Gasteiger charge is 2.57. The molecule has 0 radical (unpaired) electrons. The maximum absolute atomic E-state index is 16.1. The molecular formula is C24H20F8. The molecule has 0 nitrogen and oxygen atoms in total. The van der Waals surface area contributed by atoms with Crippen LogP contribution in [0.1, 0.15) is 42.0 Å². The van der Waals surface area contributed by atoms with E-state index in [2.05, 4.69) is 0 Å². The number of rotatable bonds is 6. The van der Waals surface area contributed by atoms with Gasteiger partial charge in [-0.2, -0.15) is 22.0 Å². The molecule has 2 atom stereocenters. The van der Waals surface area contributed by atoms with Crippen LogP contribution in [-0.2, 0) is 18.0 Å². The molecule has 0 amide bonds. The first-order valence-corrected chi connectivity index (χ1v) is 9.96. The molecule has 2 unspecified atom stereocenters. The molecule has 1 aliphatic carbocycles. The van der Waals surface area contributed by atoms with Gasteiger partial charge in [-0.15, -0.1) is 0 Å². The molecule has 32 heavy (non-hydrogen) atoms. The monoisotopic (exact) mass is 460 g/mol. The molecule has 0 aliphatic heterocycles. The van der Waals surface area contributed by atoms with Gasteiger partial charge in [-0.1, -0.05) is 68.0 Å². The normalized spacial score (nSPS) is 20.5. The van der Waals surface area contributed by atoms with Crippen molar-refractivity contribution < 1.29 is 35.1 Å². The lowest BCUT2D eigenvalue weighted by Crippen LogP contribution is -2.39. The van der Waals surface area contributed by atoms with Crippen molar-refractivity contribution in [3.05, 3.63) is 88.8 Å². The molecule has 0 aromatic heterocycles. The van der Waals surface area contributed by atoms with E-state index < -0.39 is 40.9 Å². The van der Waals surface area contributed by atoms with E-state index in [9.17, 15) is 30.7 Å². The third kappa shape index (κ3) is 4.45. The molecule has 3 rings (SSSR count). The first kappa shape index (κ1) is 24.0. The van der Waals surface area contributed by atoms with Crippen LogP contribution in [0, 0.1) is 0 Å². The molecule has 0 heterocycles. The van der Waals surface area contributed by atoms with Crippen molar-refractivity contribution in [3.8, 4) is 0 Å². The first-order valence-electron chi connectivity index (χ1n) is 9.96. The van der Waals surface area contributed by atoms with E-state index in [1.807, 2.05) is 6.92 Å². The smallest absolute Gasteiger partial charge is 0.233 e. The lowest BCUT2D eigenvalue weighted by Gasteiger charge is -2.31. The van der Waals surface area contributed by atoms with E-state index in [0.717, 1.165) is 36.6 Å². The lowest BCUT2D eigenvalue weighted by atomic mass is 9.78. The van der Waals surface area contributed by atoms with Gasteiger partial charge >= 0.3 is 12.1 Å². The van der Waals surface area contributed by atoms with Crippen molar-refractivity contribution >= 4 is 5.57 Å². The number of aryl methyl sites for hydroxylation is 1. The number of alkyl halides is 7. The molecule has 172 valence electrons. The van der Waals surface area contributed by atoms with Gasteiger partial charge in [0.25, 0.3) is 6.17 Å². The number of halogens is 8. The van der Waals surface area contributed by atoms with E-state index >= 15 is 4.39 Å². The second-order valence-corrected chi connectivity index (χ2v) is 7.68. The van der Waals surface area contributed by atoms with Gasteiger partial charge in [0.05, 0.1) is 0 Å². The fourth-order valence-corrected chi connectivity index (χ4v) is 3.76. The van der Waals surface area contributed by atoms with Gasteiger partial charge in [0, 0.05) is 17.6 Å². The van der Waals surface area contributed by atoms with E-state index in [0.29, 0.717) is 12.1 Å². The summed E-state index contributed by atoms with van der Waals surface area (Å²) in [6.07, 6.45) is -6.38. The third-order valence-electron chi connectivity index (χ3n) is 5.41. The Morgan fingerprint density at radius 1 is 0.938 bits per heavy atom. The largest absolute Gasteiger partial charge is 0.426 e. The molecule has 0 N–H and O–H groups in total. The van der Waals surface area contributed by atoms with Crippen LogP contribution in [0.15, 0.2) is 66.5 Å². The zero-order valence-corrected chi connectivity index (χ0v) is 17.0. The zero-order chi connectivity index (χ0) is 23.7. The Labute approximate surface area is 180 Å². The van der Waals surface area contributed by atoms with E-state index in [-0.39, 0.29) is 17.5 Å². The van der Waals surface area contributed by atoms with Crippen LogP contribution in [0.5, 0.6) is 0 Å². The molecule has 2 aromatic rings. The molecule has 0 saturated carbocycles. The molecule has 0 spiro atoms. The van der Waals surface area contributed by atoms with Gasteiger partial charge in [0.2, 0.25) is 0 Å². The third-order valence-corrected chi connectivity index (χ3v) is 5.41. The summed E-state index contributed by atoms with van der Waals surface area (Å²) in [7, 11) is 0. The second kappa shape index (κ2) is 8.71. The van der Waals surface area contributed by atoms with Crippen LogP contribution in [0.4, 0.5) is 35.1 Å². The maximum atomic E-state index is 16.1. The van der Waals surface area contributed by atoms with Crippen LogP contribution >= 0.6 is 0 Å². The molecule has 0 fully saturated rings. The predicted molar refractivity (Wildman–Crippen MR) is 106 cm³/mol. The Kier molecular flexibility index (Phi) is 6.54. The summed E-state index contributed by atoms with van der Waals surface area (Å²) >= 11 is 0. The summed E-state index contributed by atoms with van der Waals surface area (Å²) in [5.74, 6) is -5.78. The van der Waals surface area contributed by atoms with Gasteiger partial charge in [-0.05, 0) is 29.2 Å². The highest BCUT2D eigenvalue weighted by molar-refractivity contribution is 5.78. The van der Waals surface area contributed by atoms with E-state index in [1.165, 1.54) is 18.2 Å². The van der Waals surface area contributed by atoms with Crippen molar-refractivity contribution in [1.82, 2.24) is 0 Å². The first-order chi connectivity index (χ1) is 14.9. The van der Waals surface area contributed by atoms with Crippen molar-refractivity contribution in [1.29, 1.82) is 0 Å². The molecular weight excluding hydrogens is 440 g/mol. The van der Waals surface area contributed by atoms with E-state index in [1.54, 1.807) is 12.1 Å². The minimum absolute atomic E-state index is 0.131. The topological polar surface area (TPSA) is 0 Å². The van der Waals surface area contributed by atoms with Gasteiger partial charge < -0.3 is 0 Å². The SMILES string of the molecule is CCCc1ccc(C2(F)CC=CC(F)=C2c2ccc(C(F)(F)C(F)C(F)(F)F)cc2)cc1. The van der Waals surface area contributed by atoms with Gasteiger partial charge in [0.15, 0.2) is 5.67 Å². The van der Waals surface area contributed by atoms with Gasteiger partial charge in [-0.3, -0.25) is 0 Å². The van der Waals surface area contributed by atoms with Crippen LogP contribution in [0.25, 0.3) is 5.57 Å². The summed E-state index contributed by atoms with van der Waals surface area (Å²) in [5.41, 5.74) is -3.00. The standard InChI is InChI=1S/C24H20F8/c1-2-4-15-6-10-17(11-7-15)22(27)14-3-5-19(25)20(22)16-8-12-18(13-9-16)23(28,29)21(26)24(30,31)32/h3,5-13,21H,2,4,14H2,1H3. The molecule has 1 aliphatic rings. The lowest BCUT2D eigenvalue weighted by molar-refractivity contribution is -0.248. The van der Waals surface area contributed by atoms with Gasteiger partial charge in [-0.25, -0.2) is 13.2 Å². The molecule has 0 saturated heterocycles. The van der Waals surface area contributed by atoms with Crippen molar-refractivity contribution in [2.75, 3.05) is 0 Å². The summed E-state index contributed by atoms with van der Waals surface area (Å²) in [4.78, 5) is 0. The van der Waals surface area contributed by atoms with Gasteiger partial charge in [0.1, 0.15) is 5.83 Å². The van der Waals surface area contributed by atoms with Crippen molar-refractivity contribution in [2.45, 2.75) is 50.1 Å². The maximum Gasteiger partial charge on any atom is 0.426 e. The Hall–Kier alpha value is -2.64. The highest BCUT2D eigenvalue weighted by Crippen LogP contribution is 2.48. The van der Waals surface area contributed by atoms with Crippen LogP contribution in [0.2, 0.25) is 0 Å². The average molecular weight is 460 g/mol. The second-order valence-electron chi connectivity index (χ2n) is 7.68. The summed E-state index contributed by atoms with van der Waals surface area (Å²) in [6, 6.07) is 9.34. The Morgan fingerprint density at radius 3 is 2.06 bits per heavy atom. The Bertz CT molecular complexity index is 1000. The zero-order valence-electron chi connectivity index (χ0n) is 17.0. The van der Waals surface area contributed by atoms with Crippen LogP contribution < -0.4 is 0 Å². The summed E-state index contributed by atoms with van der Waals surface area (Å²) in [5, 5.41) is 0. The molecule has 8 heteroatoms. The van der Waals surface area contributed by atoms with Crippen LogP contribution in [-0.4, -0.2) is 12.3 Å².